The summed E-state index contributed by atoms with van der Waals surface area (Å²) < 4.78 is 5.77. The predicted molar refractivity (Wildman–Crippen MR) is 103 cm³/mol. The Balaban J connectivity index is 1.52. The lowest BCUT2D eigenvalue weighted by molar-refractivity contribution is 0.302. The molecule has 134 valence electrons. The minimum absolute atomic E-state index is 0.174. The predicted octanol–water partition coefficient (Wildman–Crippen LogP) is 7.04. The fourth-order valence-electron chi connectivity index (χ4n) is 3.95. The number of para-hydroxylation sites is 2. The van der Waals surface area contributed by atoms with Crippen molar-refractivity contribution in [3.05, 3.63) is 54.1 Å². The Morgan fingerprint density at radius 2 is 1.64 bits per heavy atom. The third kappa shape index (κ3) is 5.01. The molecule has 0 aliphatic heterocycles. The quantitative estimate of drug-likeness (QED) is 0.549. The zero-order valence-corrected chi connectivity index (χ0v) is 15.3. The summed E-state index contributed by atoms with van der Waals surface area (Å²) >= 11 is 0. The van der Waals surface area contributed by atoms with Gasteiger partial charge in [-0.2, -0.15) is 0 Å². The van der Waals surface area contributed by atoms with Crippen LogP contribution in [0, 0.1) is 5.92 Å². The number of unbranched alkanes of at least 4 members (excludes halogenated alkanes) is 2. The second-order valence-electron chi connectivity index (χ2n) is 7.35. The Morgan fingerprint density at radius 3 is 2.32 bits per heavy atom. The molecule has 2 heteroatoms. The highest BCUT2D eigenvalue weighted by Crippen LogP contribution is 2.38. The molecule has 0 bridgehead atoms. The maximum absolute atomic E-state index is 9.81. The largest absolute Gasteiger partial charge is 0.504 e. The van der Waals surface area contributed by atoms with E-state index in [0.29, 0.717) is 11.7 Å². The molecule has 0 atom stereocenters. The third-order valence-electron chi connectivity index (χ3n) is 5.51. The molecule has 1 aliphatic rings. The minimum atomic E-state index is 0.174. The molecule has 1 N–H and O–H groups in total. The first-order chi connectivity index (χ1) is 12.3. The van der Waals surface area contributed by atoms with E-state index in [2.05, 4.69) is 19.1 Å². The van der Waals surface area contributed by atoms with E-state index in [-0.39, 0.29) is 5.75 Å². The van der Waals surface area contributed by atoms with Crippen LogP contribution < -0.4 is 4.74 Å². The standard InChI is InChI=1S/C23H30O2/c1-2-3-4-7-18-10-12-19(13-11-18)20-14-16-21(17-15-20)25-23-9-6-5-8-22(23)24/h5-6,8-9,14-19,24H,2-4,7,10-13H2,1H3. The van der Waals surface area contributed by atoms with E-state index in [1.54, 1.807) is 18.2 Å². The first kappa shape index (κ1) is 17.8. The van der Waals surface area contributed by atoms with Crippen LogP contribution in [0.5, 0.6) is 17.2 Å². The Labute approximate surface area is 151 Å². The average molecular weight is 338 g/mol. The first-order valence-electron chi connectivity index (χ1n) is 9.82. The van der Waals surface area contributed by atoms with Crippen molar-refractivity contribution in [3.63, 3.8) is 0 Å². The van der Waals surface area contributed by atoms with Crippen molar-refractivity contribution in [3.8, 4) is 17.2 Å². The van der Waals surface area contributed by atoms with Crippen LogP contribution in [-0.2, 0) is 0 Å². The molecule has 0 amide bonds. The summed E-state index contributed by atoms with van der Waals surface area (Å²) in [5, 5.41) is 9.81. The van der Waals surface area contributed by atoms with Crippen LogP contribution >= 0.6 is 0 Å². The van der Waals surface area contributed by atoms with E-state index >= 15 is 0 Å². The Kier molecular flexibility index (Phi) is 6.38. The van der Waals surface area contributed by atoms with Gasteiger partial charge in [0.25, 0.3) is 0 Å². The number of ether oxygens (including phenoxy) is 1. The van der Waals surface area contributed by atoms with Crippen LogP contribution in [0.1, 0.15) is 69.8 Å². The zero-order chi connectivity index (χ0) is 17.5. The van der Waals surface area contributed by atoms with Crippen LogP contribution in [0.25, 0.3) is 0 Å². The van der Waals surface area contributed by atoms with Gasteiger partial charge in [0.15, 0.2) is 11.5 Å². The van der Waals surface area contributed by atoms with Crippen LogP contribution in [0.3, 0.4) is 0 Å². The molecule has 0 saturated heterocycles. The van der Waals surface area contributed by atoms with E-state index in [9.17, 15) is 5.11 Å². The second kappa shape index (κ2) is 8.94. The number of hydrogen-bond acceptors (Lipinski definition) is 2. The van der Waals surface area contributed by atoms with Crippen molar-refractivity contribution in [2.45, 2.75) is 64.2 Å². The van der Waals surface area contributed by atoms with Crippen molar-refractivity contribution in [2.75, 3.05) is 0 Å². The van der Waals surface area contributed by atoms with Gasteiger partial charge < -0.3 is 9.84 Å². The fourth-order valence-corrected chi connectivity index (χ4v) is 3.95. The number of rotatable bonds is 7. The lowest BCUT2D eigenvalue weighted by Crippen LogP contribution is -2.13. The van der Waals surface area contributed by atoms with Crippen molar-refractivity contribution in [1.29, 1.82) is 0 Å². The summed E-state index contributed by atoms with van der Waals surface area (Å²) in [4.78, 5) is 0. The van der Waals surface area contributed by atoms with E-state index in [1.807, 2.05) is 18.2 Å². The highest BCUT2D eigenvalue weighted by molar-refractivity contribution is 5.42. The minimum Gasteiger partial charge on any atom is -0.504 e. The van der Waals surface area contributed by atoms with Gasteiger partial charge in [-0.05, 0) is 67.3 Å². The molecule has 2 aromatic carbocycles. The molecule has 2 nitrogen and oxygen atoms in total. The van der Waals surface area contributed by atoms with E-state index < -0.39 is 0 Å². The van der Waals surface area contributed by atoms with Gasteiger partial charge in [0.2, 0.25) is 0 Å². The van der Waals surface area contributed by atoms with Crippen LogP contribution in [0.15, 0.2) is 48.5 Å². The van der Waals surface area contributed by atoms with Crippen LogP contribution in [0.2, 0.25) is 0 Å². The van der Waals surface area contributed by atoms with Gasteiger partial charge in [0.05, 0.1) is 0 Å². The molecule has 0 aromatic heterocycles. The smallest absolute Gasteiger partial charge is 0.169 e. The van der Waals surface area contributed by atoms with Gasteiger partial charge in [-0.3, -0.25) is 0 Å². The highest BCUT2D eigenvalue weighted by Gasteiger charge is 2.22. The maximum Gasteiger partial charge on any atom is 0.169 e. The summed E-state index contributed by atoms with van der Waals surface area (Å²) in [6, 6.07) is 15.5. The first-order valence-corrected chi connectivity index (χ1v) is 9.82. The molecule has 0 unspecified atom stereocenters. The molecule has 3 rings (SSSR count). The number of aromatic hydroxyl groups is 1. The molecule has 1 saturated carbocycles. The summed E-state index contributed by atoms with van der Waals surface area (Å²) in [5.74, 6) is 3.10. The molecular weight excluding hydrogens is 308 g/mol. The molecule has 0 spiro atoms. The Hall–Kier alpha value is -1.96. The van der Waals surface area contributed by atoms with Crippen LogP contribution in [-0.4, -0.2) is 5.11 Å². The fraction of sp³-hybridized carbons (Fsp3) is 0.478. The lowest BCUT2D eigenvalue weighted by atomic mass is 9.77. The molecule has 2 aromatic rings. The van der Waals surface area contributed by atoms with Gasteiger partial charge in [-0.25, -0.2) is 0 Å². The molecule has 1 aliphatic carbocycles. The van der Waals surface area contributed by atoms with Crippen molar-refractivity contribution >= 4 is 0 Å². The lowest BCUT2D eigenvalue weighted by Gasteiger charge is -2.29. The zero-order valence-electron chi connectivity index (χ0n) is 15.3. The summed E-state index contributed by atoms with van der Waals surface area (Å²) in [5.41, 5.74) is 1.43. The van der Waals surface area contributed by atoms with E-state index in [4.69, 9.17) is 4.74 Å². The Bertz CT molecular complexity index is 639. The van der Waals surface area contributed by atoms with Crippen molar-refractivity contribution in [1.82, 2.24) is 0 Å². The molecule has 1 fully saturated rings. The third-order valence-corrected chi connectivity index (χ3v) is 5.51. The molecule has 25 heavy (non-hydrogen) atoms. The van der Waals surface area contributed by atoms with E-state index in [0.717, 1.165) is 11.7 Å². The van der Waals surface area contributed by atoms with Gasteiger partial charge in [-0.1, -0.05) is 56.9 Å². The molecule has 0 heterocycles. The van der Waals surface area contributed by atoms with Crippen molar-refractivity contribution in [2.24, 2.45) is 5.92 Å². The number of phenols is 1. The van der Waals surface area contributed by atoms with Crippen molar-refractivity contribution < 1.29 is 9.84 Å². The topological polar surface area (TPSA) is 29.5 Å². The van der Waals surface area contributed by atoms with Gasteiger partial charge in [0.1, 0.15) is 5.75 Å². The summed E-state index contributed by atoms with van der Waals surface area (Å²) in [6.45, 7) is 2.28. The van der Waals surface area contributed by atoms with Gasteiger partial charge in [-0.15, -0.1) is 0 Å². The SMILES string of the molecule is CCCCCC1CCC(c2ccc(Oc3ccccc3O)cc2)CC1. The summed E-state index contributed by atoms with van der Waals surface area (Å²) in [7, 11) is 0. The second-order valence-corrected chi connectivity index (χ2v) is 7.35. The maximum atomic E-state index is 9.81. The molecular formula is C23H30O2. The van der Waals surface area contributed by atoms with Crippen LogP contribution in [0.4, 0.5) is 0 Å². The summed E-state index contributed by atoms with van der Waals surface area (Å²) in [6.07, 6.45) is 10.9. The molecule has 0 radical (unpaired) electrons. The Morgan fingerprint density at radius 1 is 0.920 bits per heavy atom. The van der Waals surface area contributed by atoms with E-state index in [1.165, 1.54) is 56.9 Å². The number of hydrogen-bond donors (Lipinski definition) is 1. The van der Waals surface area contributed by atoms with Gasteiger partial charge in [0, 0.05) is 0 Å². The monoisotopic (exact) mass is 338 g/mol. The average Bonchev–Trinajstić information content (AvgIpc) is 2.65. The van der Waals surface area contributed by atoms with Gasteiger partial charge >= 0.3 is 0 Å². The number of phenolic OH excluding ortho intramolecular Hbond substituents is 1. The number of benzene rings is 2. The highest BCUT2D eigenvalue weighted by atomic mass is 16.5. The normalized spacial score (nSPS) is 20.4.